The summed E-state index contributed by atoms with van der Waals surface area (Å²) in [6, 6.07) is 0. The van der Waals surface area contributed by atoms with E-state index < -0.39 is 0 Å². The first kappa shape index (κ1) is 22.4. The van der Waals surface area contributed by atoms with Gasteiger partial charge in [-0.25, -0.2) is 0 Å². The van der Waals surface area contributed by atoms with Gasteiger partial charge in [-0.15, -0.1) is 0 Å². The first-order valence-corrected chi connectivity index (χ1v) is 12.9. The molecule has 30 heavy (non-hydrogen) atoms. The number of aliphatic hydroxyl groups excluding tert-OH is 1. The van der Waals surface area contributed by atoms with E-state index in [2.05, 4.69) is 60.3 Å². The van der Waals surface area contributed by atoms with Crippen LogP contribution in [0.25, 0.3) is 0 Å². The molecule has 8 atom stereocenters. The molecule has 0 aromatic carbocycles. The van der Waals surface area contributed by atoms with Crippen molar-refractivity contribution < 1.29 is 5.11 Å². The third-order valence-electron chi connectivity index (χ3n) is 10.5. The van der Waals surface area contributed by atoms with Crippen LogP contribution in [-0.2, 0) is 0 Å². The van der Waals surface area contributed by atoms with Crippen LogP contribution >= 0.6 is 0 Å². The minimum Gasteiger partial charge on any atom is -0.393 e. The maximum absolute atomic E-state index is 10.5. The second-order valence-electron chi connectivity index (χ2n) is 12.3. The Morgan fingerprint density at radius 3 is 2.60 bits per heavy atom. The zero-order valence-corrected chi connectivity index (χ0v) is 20.5. The van der Waals surface area contributed by atoms with Crippen molar-refractivity contribution in [2.45, 2.75) is 99.0 Å². The van der Waals surface area contributed by atoms with Gasteiger partial charge >= 0.3 is 0 Å². The zero-order valence-electron chi connectivity index (χ0n) is 20.5. The Kier molecular flexibility index (Phi) is 5.93. The summed E-state index contributed by atoms with van der Waals surface area (Å²) in [5, 5.41) is 10.5. The number of aliphatic hydroxyl groups is 1. The van der Waals surface area contributed by atoms with E-state index in [0.29, 0.717) is 23.2 Å². The lowest BCUT2D eigenvalue weighted by molar-refractivity contribution is -0.0205. The van der Waals surface area contributed by atoms with Gasteiger partial charge in [-0.1, -0.05) is 65.8 Å². The maximum atomic E-state index is 10.5. The highest BCUT2D eigenvalue weighted by molar-refractivity contribution is 5.46. The molecule has 0 amide bonds. The third kappa shape index (κ3) is 3.39. The van der Waals surface area contributed by atoms with E-state index in [1.807, 2.05) is 0 Å². The van der Waals surface area contributed by atoms with E-state index in [4.69, 9.17) is 0 Å². The van der Waals surface area contributed by atoms with Gasteiger partial charge in [0.15, 0.2) is 0 Å². The van der Waals surface area contributed by atoms with Gasteiger partial charge in [0, 0.05) is 0 Å². The Morgan fingerprint density at radius 2 is 1.90 bits per heavy atom. The number of allylic oxidation sites excluding steroid dienone is 5. The molecule has 0 radical (unpaired) electrons. The molecule has 168 valence electrons. The number of fused-ring (bicyclic) bond motifs is 5. The van der Waals surface area contributed by atoms with Gasteiger partial charge in [-0.2, -0.15) is 0 Å². The molecule has 0 unspecified atom stereocenters. The van der Waals surface area contributed by atoms with Crippen molar-refractivity contribution >= 4 is 0 Å². The van der Waals surface area contributed by atoms with Crippen molar-refractivity contribution in [3.8, 4) is 0 Å². The maximum Gasteiger partial charge on any atom is 0.0569 e. The highest BCUT2D eigenvalue weighted by Gasteiger charge is 2.56. The lowest BCUT2D eigenvalue weighted by atomic mass is 9.50. The van der Waals surface area contributed by atoms with E-state index in [9.17, 15) is 5.11 Å². The molecule has 1 nitrogen and oxygen atoms in total. The van der Waals surface area contributed by atoms with Crippen molar-refractivity contribution in [3.63, 3.8) is 0 Å². The summed E-state index contributed by atoms with van der Waals surface area (Å²) in [5.74, 6) is 4.00. The summed E-state index contributed by atoms with van der Waals surface area (Å²) < 4.78 is 0. The molecular formula is C29H46O. The second-order valence-corrected chi connectivity index (χ2v) is 12.3. The third-order valence-corrected chi connectivity index (χ3v) is 10.5. The molecular weight excluding hydrogens is 364 g/mol. The second kappa shape index (κ2) is 7.95. The lowest BCUT2D eigenvalue weighted by Crippen LogP contribution is -2.48. The number of hydrogen-bond acceptors (Lipinski definition) is 1. The van der Waals surface area contributed by atoms with Crippen LogP contribution in [0.15, 0.2) is 35.5 Å². The summed E-state index contributed by atoms with van der Waals surface area (Å²) in [6.45, 7) is 18.8. The minimum absolute atomic E-state index is 0.107. The SMILES string of the molecule is C=C(CC[C@@H](C)[C@H]1CC[C@H]2C3=CC[C@H]4[C@H](C)[C@@H](O)CC[C@]4(C)C3=CC[C@]12C)C(C)C. The van der Waals surface area contributed by atoms with Crippen molar-refractivity contribution in [1.29, 1.82) is 0 Å². The van der Waals surface area contributed by atoms with E-state index in [1.54, 1.807) is 11.1 Å². The van der Waals surface area contributed by atoms with E-state index in [-0.39, 0.29) is 11.5 Å². The summed E-state index contributed by atoms with van der Waals surface area (Å²) in [7, 11) is 0. The van der Waals surface area contributed by atoms with E-state index in [0.717, 1.165) is 30.6 Å². The molecule has 1 heteroatoms. The highest BCUT2D eigenvalue weighted by Crippen LogP contribution is 2.65. The predicted molar refractivity (Wildman–Crippen MR) is 128 cm³/mol. The lowest BCUT2D eigenvalue weighted by Gasteiger charge is -2.55. The Bertz CT molecular complexity index is 741. The minimum atomic E-state index is -0.107. The van der Waals surface area contributed by atoms with Gasteiger partial charge in [-0.05, 0) is 109 Å². The fourth-order valence-electron chi connectivity index (χ4n) is 8.16. The smallest absolute Gasteiger partial charge is 0.0569 e. The largest absolute Gasteiger partial charge is 0.393 e. The van der Waals surface area contributed by atoms with Crippen LogP contribution in [0.3, 0.4) is 0 Å². The standard InChI is InChI=1S/C29H46O/c1-18(2)19(3)8-9-20(4)23-12-13-25-22-10-11-24-21(5)27(30)15-17-29(24,7)26(22)14-16-28(23,25)6/h10,14,18,20-21,23-25,27,30H,3,8-9,11-13,15-17H2,1-2,4-7H3/t20-,21+,23-,24+,25+,27+,28-,29+/m1/s1. The molecule has 0 aromatic rings. The van der Waals surface area contributed by atoms with E-state index in [1.165, 1.54) is 44.1 Å². The van der Waals surface area contributed by atoms with Gasteiger partial charge in [0.05, 0.1) is 6.10 Å². The Morgan fingerprint density at radius 1 is 1.17 bits per heavy atom. The van der Waals surface area contributed by atoms with Gasteiger partial charge in [0.25, 0.3) is 0 Å². The van der Waals surface area contributed by atoms with Crippen LogP contribution in [-0.4, -0.2) is 11.2 Å². The molecule has 0 saturated heterocycles. The summed E-state index contributed by atoms with van der Waals surface area (Å²) in [5.41, 5.74) is 5.53. The number of rotatable bonds is 5. The molecule has 4 aliphatic carbocycles. The molecule has 0 spiro atoms. The average Bonchev–Trinajstić information content (AvgIpc) is 3.06. The van der Waals surface area contributed by atoms with Crippen LogP contribution in [0.1, 0.15) is 92.9 Å². The number of hydrogen-bond donors (Lipinski definition) is 1. The van der Waals surface area contributed by atoms with E-state index >= 15 is 0 Å². The molecule has 2 fully saturated rings. The summed E-state index contributed by atoms with van der Waals surface area (Å²) in [6.07, 6.45) is 15.0. The Balaban J connectivity index is 1.55. The molecule has 4 rings (SSSR count). The van der Waals surface area contributed by atoms with Gasteiger partial charge < -0.3 is 5.11 Å². The summed E-state index contributed by atoms with van der Waals surface area (Å²) in [4.78, 5) is 0. The molecule has 0 aromatic heterocycles. The normalized spacial score (nSPS) is 43.9. The molecule has 0 bridgehead atoms. The average molecular weight is 411 g/mol. The molecule has 1 N–H and O–H groups in total. The molecule has 0 heterocycles. The monoisotopic (exact) mass is 410 g/mol. The van der Waals surface area contributed by atoms with Gasteiger partial charge in [-0.3, -0.25) is 0 Å². The summed E-state index contributed by atoms with van der Waals surface area (Å²) >= 11 is 0. The van der Waals surface area contributed by atoms with Crippen molar-refractivity contribution in [3.05, 3.63) is 35.5 Å². The predicted octanol–water partition coefficient (Wildman–Crippen LogP) is 7.72. The quantitative estimate of drug-likeness (QED) is 0.460. The van der Waals surface area contributed by atoms with Crippen LogP contribution in [0.5, 0.6) is 0 Å². The Labute approximate surface area is 186 Å². The first-order chi connectivity index (χ1) is 14.1. The van der Waals surface area contributed by atoms with Crippen LogP contribution in [0.2, 0.25) is 0 Å². The molecule has 4 aliphatic rings. The van der Waals surface area contributed by atoms with Crippen LogP contribution < -0.4 is 0 Å². The molecule has 2 saturated carbocycles. The van der Waals surface area contributed by atoms with Crippen LogP contribution in [0, 0.1) is 46.3 Å². The first-order valence-electron chi connectivity index (χ1n) is 12.9. The molecule has 0 aliphatic heterocycles. The fraction of sp³-hybridized carbons (Fsp3) is 0.793. The Hall–Kier alpha value is -0.820. The van der Waals surface area contributed by atoms with Crippen LogP contribution in [0.4, 0.5) is 0 Å². The van der Waals surface area contributed by atoms with Crippen molar-refractivity contribution in [2.24, 2.45) is 46.3 Å². The van der Waals surface area contributed by atoms with Crippen molar-refractivity contribution in [1.82, 2.24) is 0 Å². The zero-order chi connectivity index (χ0) is 21.8. The van der Waals surface area contributed by atoms with Gasteiger partial charge in [0.1, 0.15) is 0 Å². The highest BCUT2D eigenvalue weighted by atomic mass is 16.3. The topological polar surface area (TPSA) is 20.2 Å². The van der Waals surface area contributed by atoms with Crippen molar-refractivity contribution in [2.75, 3.05) is 0 Å². The van der Waals surface area contributed by atoms with Gasteiger partial charge in [0.2, 0.25) is 0 Å². The fourth-order valence-corrected chi connectivity index (χ4v) is 8.16.